The predicted octanol–water partition coefficient (Wildman–Crippen LogP) is 2.85. The Labute approximate surface area is 135 Å². The molecule has 2 amide bonds. The molecule has 0 aliphatic rings. The maximum absolute atomic E-state index is 11.8. The molecule has 1 aromatic carbocycles. The summed E-state index contributed by atoms with van der Waals surface area (Å²) in [4.78, 5) is 24.4. The summed E-state index contributed by atoms with van der Waals surface area (Å²) < 4.78 is 0. The first-order valence-electron chi connectivity index (χ1n) is 6.98. The fourth-order valence-electron chi connectivity index (χ4n) is 1.57. The first-order valence-corrected chi connectivity index (χ1v) is 8.34. The molecule has 0 aliphatic heterocycles. The van der Waals surface area contributed by atoms with Gasteiger partial charge in [-0.3, -0.25) is 9.59 Å². The SMILES string of the molecule is CCCNC(=O)[C@@H](C)NC(=O)CCSc1ccc(Cl)cc1. The van der Waals surface area contributed by atoms with E-state index in [1.807, 2.05) is 31.2 Å². The van der Waals surface area contributed by atoms with Crippen molar-refractivity contribution in [3.05, 3.63) is 29.3 Å². The monoisotopic (exact) mass is 328 g/mol. The van der Waals surface area contributed by atoms with E-state index in [2.05, 4.69) is 10.6 Å². The highest BCUT2D eigenvalue weighted by Crippen LogP contribution is 2.20. The molecule has 1 rings (SSSR count). The van der Waals surface area contributed by atoms with E-state index in [1.54, 1.807) is 18.7 Å². The summed E-state index contributed by atoms with van der Waals surface area (Å²) in [5.74, 6) is 0.405. The Kier molecular flexibility index (Phi) is 8.23. The van der Waals surface area contributed by atoms with Crippen molar-refractivity contribution in [2.45, 2.75) is 37.6 Å². The lowest BCUT2D eigenvalue weighted by atomic mass is 10.3. The van der Waals surface area contributed by atoms with Crippen molar-refractivity contribution in [3.63, 3.8) is 0 Å². The third-order valence-electron chi connectivity index (χ3n) is 2.73. The van der Waals surface area contributed by atoms with Crippen molar-refractivity contribution >= 4 is 35.2 Å². The second-order valence-corrected chi connectivity index (χ2v) is 6.24. The van der Waals surface area contributed by atoms with Gasteiger partial charge in [-0.25, -0.2) is 0 Å². The smallest absolute Gasteiger partial charge is 0.242 e. The number of benzene rings is 1. The van der Waals surface area contributed by atoms with E-state index in [0.29, 0.717) is 23.7 Å². The van der Waals surface area contributed by atoms with Crippen molar-refractivity contribution in [3.8, 4) is 0 Å². The highest BCUT2D eigenvalue weighted by molar-refractivity contribution is 7.99. The van der Waals surface area contributed by atoms with Gasteiger partial charge in [0.1, 0.15) is 6.04 Å². The minimum atomic E-state index is -0.496. The molecule has 0 saturated heterocycles. The molecule has 1 atom stereocenters. The molecule has 116 valence electrons. The number of halogens is 1. The van der Waals surface area contributed by atoms with Gasteiger partial charge in [-0.05, 0) is 37.6 Å². The van der Waals surface area contributed by atoms with E-state index in [0.717, 1.165) is 11.3 Å². The maximum Gasteiger partial charge on any atom is 0.242 e. The molecule has 1 aromatic rings. The van der Waals surface area contributed by atoms with E-state index in [1.165, 1.54) is 0 Å². The Morgan fingerprint density at radius 3 is 2.57 bits per heavy atom. The predicted molar refractivity (Wildman–Crippen MR) is 87.7 cm³/mol. The van der Waals surface area contributed by atoms with Crippen LogP contribution in [0.3, 0.4) is 0 Å². The number of carbonyl (C=O) groups excluding carboxylic acids is 2. The molecular weight excluding hydrogens is 308 g/mol. The normalized spacial score (nSPS) is 11.8. The van der Waals surface area contributed by atoms with E-state index in [9.17, 15) is 9.59 Å². The first-order chi connectivity index (χ1) is 10.0. The molecule has 0 radical (unpaired) electrons. The Bertz CT molecular complexity index is 465. The minimum Gasteiger partial charge on any atom is -0.354 e. The van der Waals surface area contributed by atoms with Crippen LogP contribution in [0.2, 0.25) is 5.02 Å². The second-order valence-electron chi connectivity index (χ2n) is 4.63. The van der Waals surface area contributed by atoms with Crippen LogP contribution in [0.1, 0.15) is 26.7 Å². The molecule has 0 fully saturated rings. The zero-order valence-corrected chi connectivity index (χ0v) is 13.9. The van der Waals surface area contributed by atoms with Gasteiger partial charge in [-0.15, -0.1) is 11.8 Å². The molecule has 0 aromatic heterocycles. The number of nitrogens with one attached hydrogen (secondary N) is 2. The summed E-state index contributed by atoms with van der Waals surface area (Å²) in [6.07, 6.45) is 1.25. The Hall–Kier alpha value is -1.20. The molecule has 0 bridgehead atoms. The Balaban J connectivity index is 2.24. The Morgan fingerprint density at radius 2 is 1.95 bits per heavy atom. The standard InChI is InChI=1S/C15H21ClN2O2S/c1-3-9-17-15(20)11(2)18-14(19)8-10-21-13-6-4-12(16)5-7-13/h4-7,11H,3,8-10H2,1-2H3,(H,17,20)(H,18,19)/t11-/m1/s1. The van der Waals surface area contributed by atoms with E-state index < -0.39 is 6.04 Å². The third-order valence-corrected chi connectivity index (χ3v) is 4.00. The topological polar surface area (TPSA) is 58.2 Å². The fourth-order valence-corrected chi connectivity index (χ4v) is 2.55. The molecule has 0 heterocycles. The summed E-state index contributed by atoms with van der Waals surface area (Å²) in [5.41, 5.74) is 0. The highest BCUT2D eigenvalue weighted by atomic mass is 35.5. The van der Waals surface area contributed by atoms with Crippen LogP contribution in [0.25, 0.3) is 0 Å². The number of amides is 2. The second kappa shape index (κ2) is 9.68. The van der Waals surface area contributed by atoms with Gasteiger partial charge < -0.3 is 10.6 Å². The van der Waals surface area contributed by atoms with Crippen molar-refractivity contribution in [1.29, 1.82) is 0 Å². The number of hydrogen-bond donors (Lipinski definition) is 2. The molecule has 6 heteroatoms. The van der Waals surface area contributed by atoms with E-state index in [-0.39, 0.29) is 11.8 Å². The van der Waals surface area contributed by atoms with Gasteiger partial charge in [0.15, 0.2) is 0 Å². The van der Waals surface area contributed by atoms with Crippen LogP contribution in [-0.2, 0) is 9.59 Å². The van der Waals surface area contributed by atoms with Crippen LogP contribution < -0.4 is 10.6 Å². The lowest BCUT2D eigenvalue weighted by Gasteiger charge is -2.13. The van der Waals surface area contributed by atoms with Crippen LogP contribution >= 0.6 is 23.4 Å². The molecule has 2 N–H and O–H groups in total. The molecule has 0 spiro atoms. The maximum atomic E-state index is 11.8. The van der Waals surface area contributed by atoms with Crippen LogP contribution in [0.4, 0.5) is 0 Å². The largest absolute Gasteiger partial charge is 0.354 e. The summed E-state index contributed by atoms with van der Waals surface area (Å²) in [5, 5.41) is 6.15. The molecule has 21 heavy (non-hydrogen) atoms. The van der Waals surface area contributed by atoms with Crippen molar-refractivity contribution in [1.82, 2.24) is 10.6 Å². The molecule has 0 unspecified atom stereocenters. The average molecular weight is 329 g/mol. The van der Waals surface area contributed by atoms with Gasteiger partial charge in [-0.1, -0.05) is 18.5 Å². The Morgan fingerprint density at radius 1 is 1.29 bits per heavy atom. The summed E-state index contributed by atoms with van der Waals surface area (Å²) in [7, 11) is 0. The van der Waals surface area contributed by atoms with Gasteiger partial charge >= 0.3 is 0 Å². The minimum absolute atomic E-state index is 0.115. The first kappa shape index (κ1) is 17.9. The van der Waals surface area contributed by atoms with Gasteiger partial charge in [0.25, 0.3) is 0 Å². The van der Waals surface area contributed by atoms with Crippen molar-refractivity contribution < 1.29 is 9.59 Å². The van der Waals surface area contributed by atoms with Gasteiger partial charge in [0.05, 0.1) is 0 Å². The number of carbonyl (C=O) groups is 2. The van der Waals surface area contributed by atoms with E-state index in [4.69, 9.17) is 11.6 Å². The molecule has 0 aliphatic carbocycles. The summed E-state index contributed by atoms with van der Waals surface area (Å²) >= 11 is 7.39. The zero-order chi connectivity index (χ0) is 15.7. The van der Waals surface area contributed by atoms with Crippen LogP contribution in [0.5, 0.6) is 0 Å². The number of thioether (sulfide) groups is 1. The van der Waals surface area contributed by atoms with Gasteiger partial charge in [0.2, 0.25) is 11.8 Å². The summed E-state index contributed by atoms with van der Waals surface area (Å²) in [6, 6.07) is 7.00. The van der Waals surface area contributed by atoms with Gasteiger partial charge in [-0.2, -0.15) is 0 Å². The molecule has 4 nitrogen and oxygen atoms in total. The van der Waals surface area contributed by atoms with Crippen molar-refractivity contribution in [2.75, 3.05) is 12.3 Å². The lowest BCUT2D eigenvalue weighted by molar-refractivity contribution is -0.128. The van der Waals surface area contributed by atoms with Crippen molar-refractivity contribution in [2.24, 2.45) is 0 Å². The molecule has 0 saturated carbocycles. The fraction of sp³-hybridized carbons (Fsp3) is 0.467. The average Bonchev–Trinajstić information content (AvgIpc) is 2.46. The van der Waals surface area contributed by atoms with Crippen LogP contribution in [-0.4, -0.2) is 30.2 Å². The zero-order valence-electron chi connectivity index (χ0n) is 12.3. The number of hydrogen-bond acceptors (Lipinski definition) is 3. The number of rotatable bonds is 8. The molecular formula is C15H21ClN2O2S. The van der Waals surface area contributed by atoms with Gasteiger partial charge in [0, 0.05) is 28.6 Å². The quantitative estimate of drug-likeness (QED) is 0.721. The lowest BCUT2D eigenvalue weighted by Crippen LogP contribution is -2.45. The summed E-state index contributed by atoms with van der Waals surface area (Å²) in [6.45, 7) is 4.30. The van der Waals surface area contributed by atoms with Crippen LogP contribution in [0.15, 0.2) is 29.2 Å². The third kappa shape index (κ3) is 7.39. The van der Waals surface area contributed by atoms with E-state index >= 15 is 0 Å². The highest BCUT2D eigenvalue weighted by Gasteiger charge is 2.14. The van der Waals surface area contributed by atoms with Crippen LogP contribution in [0, 0.1) is 0 Å².